The number of benzene rings is 3. The molecule has 0 aliphatic carbocycles. The Hall–Kier alpha value is -4.48. The van der Waals surface area contributed by atoms with Gasteiger partial charge in [0.2, 0.25) is 5.91 Å². The monoisotopic (exact) mass is 492 g/mol. The summed E-state index contributed by atoms with van der Waals surface area (Å²) in [4.78, 5) is 36.1. The molecule has 0 atom stereocenters. The lowest BCUT2D eigenvalue weighted by Crippen LogP contribution is -2.36. The molecule has 3 aromatic rings. The number of rotatable bonds is 6. The first-order valence-corrected chi connectivity index (χ1v) is 9.90. The summed E-state index contributed by atoms with van der Waals surface area (Å²) in [5.74, 6) is -3.77. The molecule has 0 bridgehead atoms. The van der Waals surface area contributed by atoms with E-state index in [9.17, 15) is 36.3 Å². The first-order chi connectivity index (χ1) is 16.5. The predicted molar refractivity (Wildman–Crippen MR) is 118 cm³/mol. The molecule has 4 amide bonds. The van der Waals surface area contributed by atoms with Crippen LogP contribution in [0.15, 0.2) is 66.7 Å². The molecule has 0 saturated heterocycles. The fourth-order valence-corrected chi connectivity index (χ4v) is 2.86. The molecule has 0 fully saturated rings. The van der Waals surface area contributed by atoms with Crippen molar-refractivity contribution in [1.29, 1.82) is 0 Å². The number of hydrogen-bond acceptors (Lipinski definition) is 3. The van der Waals surface area contributed by atoms with Crippen molar-refractivity contribution in [3.8, 4) is 0 Å². The Kier molecular flexibility index (Phi) is 7.64. The third kappa shape index (κ3) is 7.00. The van der Waals surface area contributed by atoms with Crippen molar-refractivity contribution < 1.29 is 36.3 Å². The zero-order valence-electron chi connectivity index (χ0n) is 17.7. The molecular formula is C23H17F5N4O3. The molecule has 0 aliphatic heterocycles. The number of hydrogen-bond donors (Lipinski definition) is 4. The van der Waals surface area contributed by atoms with Crippen LogP contribution in [0.25, 0.3) is 0 Å². The van der Waals surface area contributed by atoms with E-state index in [2.05, 4.69) is 16.0 Å². The molecule has 0 radical (unpaired) electrons. The van der Waals surface area contributed by atoms with Crippen LogP contribution in [-0.4, -0.2) is 24.4 Å². The predicted octanol–water partition coefficient (Wildman–Crippen LogP) is 5.00. The van der Waals surface area contributed by atoms with E-state index >= 15 is 0 Å². The Balaban J connectivity index is 1.63. The van der Waals surface area contributed by atoms with E-state index in [1.807, 2.05) is 5.32 Å². The van der Waals surface area contributed by atoms with Gasteiger partial charge in [0.1, 0.15) is 0 Å². The average Bonchev–Trinajstić information content (AvgIpc) is 2.81. The minimum atomic E-state index is -4.87. The highest BCUT2D eigenvalue weighted by atomic mass is 19.4. The largest absolute Gasteiger partial charge is 0.418 e. The molecule has 7 nitrogen and oxygen atoms in total. The van der Waals surface area contributed by atoms with E-state index in [1.54, 1.807) is 18.2 Å². The second-order valence-electron chi connectivity index (χ2n) is 7.06. The summed E-state index contributed by atoms with van der Waals surface area (Å²) >= 11 is 0. The summed E-state index contributed by atoms with van der Waals surface area (Å²) in [6, 6.07) is 12.1. The first kappa shape index (κ1) is 25.1. The quantitative estimate of drug-likeness (QED) is 0.365. The molecule has 3 aromatic carbocycles. The van der Waals surface area contributed by atoms with Crippen molar-refractivity contribution in [3.05, 3.63) is 89.5 Å². The molecule has 0 aromatic heterocycles. The Morgan fingerprint density at radius 1 is 0.743 bits per heavy atom. The van der Waals surface area contributed by atoms with Crippen LogP contribution in [0, 0.1) is 11.6 Å². The molecule has 35 heavy (non-hydrogen) atoms. The normalized spacial score (nSPS) is 10.9. The maximum atomic E-state index is 13.6. The van der Waals surface area contributed by atoms with Crippen LogP contribution in [0.4, 0.5) is 43.8 Å². The van der Waals surface area contributed by atoms with Crippen molar-refractivity contribution in [3.63, 3.8) is 0 Å². The highest BCUT2D eigenvalue weighted by Crippen LogP contribution is 2.36. The van der Waals surface area contributed by atoms with Gasteiger partial charge in [-0.1, -0.05) is 18.2 Å². The molecule has 3 rings (SSSR count). The van der Waals surface area contributed by atoms with Gasteiger partial charge in [-0.15, -0.1) is 0 Å². The highest BCUT2D eigenvalue weighted by molar-refractivity contribution is 6.04. The SMILES string of the molecule is O=C(CNC(=O)Nc1ccc(NC(=O)c2ccccc2)cc1C(F)(F)F)Nc1ccc(F)c(F)c1. The van der Waals surface area contributed by atoms with E-state index in [0.717, 1.165) is 24.3 Å². The molecule has 182 valence electrons. The lowest BCUT2D eigenvalue weighted by atomic mass is 10.1. The summed E-state index contributed by atoms with van der Waals surface area (Å²) in [5, 5.41) is 8.60. The standard InChI is InChI=1S/C23H17F5N4O3/c24-17-8-6-15(11-18(17)25)30-20(33)12-29-22(35)32-19-9-7-14(10-16(19)23(26,27)28)31-21(34)13-4-2-1-3-5-13/h1-11H,12H2,(H,30,33)(H,31,34)(H2,29,32,35). The van der Waals surface area contributed by atoms with Gasteiger partial charge in [0.05, 0.1) is 17.8 Å². The van der Waals surface area contributed by atoms with E-state index in [4.69, 9.17) is 0 Å². The topological polar surface area (TPSA) is 99.3 Å². The Labute approximate surface area is 195 Å². The molecule has 0 unspecified atom stereocenters. The van der Waals surface area contributed by atoms with Crippen LogP contribution in [0.1, 0.15) is 15.9 Å². The van der Waals surface area contributed by atoms with Gasteiger partial charge in [0.25, 0.3) is 5.91 Å². The van der Waals surface area contributed by atoms with E-state index in [1.165, 1.54) is 18.2 Å². The van der Waals surface area contributed by atoms with Gasteiger partial charge in [-0.25, -0.2) is 13.6 Å². The summed E-state index contributed by atoms with van der Waals surface area (Å²) < 4.78 is 66.8. The smallest absolute Gasteiger partial charge is 0.329 e. The number of anilines is 3. The van der Waals surface area contributed by atoms with E-state index < -0.39 is 53.5 Å². The summed E-state index contributed by atoms with van der Waals surface area (Å²) in [7, 11) is 0. The molecule has 12 heteroatoms. The molecule has 0 heterocycles. The van der Waals surface area contributed by atoms with Crippen LogP contribution in [0.3, 0.4) is 0 Å². The van der Waals surface area contributed by atoms with Crippen LogP contribution >= 0.6 is 0 Å². The van der Waals surface area contributed by atoms with Gasteiger partial charge in [-0.2, -0.15) is 13.2 Å². The summed E-state index contributed by atoms with van der Waals surface area (Å²) in [5.41, 5.74) is -1.84. The van der Waals surface area contributed by atoms with Gasteiger partial charge < -0.3 is 21.3 Å². The minimum Gasteiger partial charge on any atom is -0.329 e. The van der Waals surface area contributed by atoms with Crippen molar-refractivity contribution in [2.24, 2.45) is 0 Å². The zero-order chi connectivity index (χ0) is 25.6. The molecule has 0 spiro atoms. The average molecular weight is 492 g/mol. The van der Waals surface area contributed by atoms with Crippen LogP contribution in [0.5, 0.6) is 0 Å². The lowest BCUT2D eigenvalue weighted by molar-refractivity contribution is -0.136. The zero-order valence-corrected chi connectivity index (χ0v) is 17.7. The third-order valence-corrected chi connectivity index (χ3v) is 4.48. The van der Waals surface area contributed by atoms with Gasteiger partial charge >= 0.3 is 12.2 Å². The summed E-state index contributed by atoms with van der Waals surface area (Å²) in [6.07, 6.45) is -4.87. The van der Waals surface area contributed by atoms with Crippen LogP contribution in [0.2, 0.25) is 0 Å². The Bertz CT molecular complexity index is 1250. The fourth-order valence-electron chi connectivity index (χ4n) is 2.86. The number of amides is 4. The van der Waals surface area contributed by atoms with Crippen molar-refractivity contribution in [1.82, 2.24) is 5.32 Å². The molecule has 0 saturated carbocycles. The van der Waals surface area contributed by atoms with Gasteiger partial charge in [0.15, 0.2) is 11.6 Å². The van der Waals surface area contributed by atoms with E-state index in [-0.39, 0.29) is 16.9 Å². The highest BCUT2D eigenvalue weighted by Gasteiger charge is 2.34. The molecular weight excluding hydrogens is 475 g/mol. The van der Waals surface area contributed by atoms with Crippen molar-refractivity contribution >= 4 is 34.9 Å². The Morgan fingerprint density at radius 2 is 1.40 bits per heavy atom. The van der Waals surface area contributed by atoms with Gasteiger partial charge in [-0.05, 0) is 42.5 Å². The van der Waals surface area contributed by atoms with E-state index in [0.29, 0.717) is 6.07 Å². The number of alkyl halides is 3. The van der Waals surface area contributed by atoms with Crippen LogP contribution < -0.4 is 21.3 Å². The Morgan fingerprint density at radius 3 is 2.06 bits per heavy atom. The number of halogens is 5. The number of carbonyl (C=O) groups is 3. The lowest BCUT2D eigenvalue weighted by Gasteiger charge is -2.16. The maximum Gasteiger partial charge on any atom is 0.418 e. The van der Waals surface area contributed by atoms with Gasteiger partial charge in [0, 0.05) is 23.0 Å². The van der Waals surface area contributed by atoms with Crippen molar-refractivity contribution in [2.45, 2.75) is 6.18 Å². The summed E-state index contributed by atoms with van der Waals surface area (Å²) in [6.45, 7) is -0.669. The minimum absolute atomic E-state index is 0.0800. The number of urea groups is 1. The van der Waals surface area contributed by atoms with Crippen molar-refractivity contribution in [2.75, 3.05) is 22.5 Å². The second kappa shape index (κ2) is 10.6. The number of nitrogens with one attached hydrogen (secondary N) is 4. The molecule has 4 N–H and O–H groups in total. The fraction of sp³-hybridized carbons (Fsp3) is 0.0870. The second-order valence-corrected chi connectivity index (χ2v) is 7.06. The first-order valence-electron chi connectivity index (χ1n) is 9.90. The number of carbonyl (C=O) groups excluding carboxylic acids is 3. The maximum absolute atomic E-state index is 13.6. The molecule has 0 aliphatic rings. The van der Waals surface area contributed by atoms with Gasteiger partial charge in [-0.3, -0.25) is 9.59 Å². The third-order valence-electron chi connectivity index (χ3n) is 4.48. The van der Waals surface area contributed by atoms with Crippen LogP contribution in [-0.2, 0) is 11.0 Å².